The molecule has 5 heteroatoms. The van der Waals surface area contributed by atoms with Crippen molar-refractivity contribution in [3.8, 4) is 5.75 Å². The highest BCUT2D eigenvalue weighted by Crippen LogP contribution is 2.20. The monoisotopic (exact) mass is 311 g/mol. The fraction of sp³-hybridized carbons (Fsp3) is 0. The summed E-state index contributed by atoms with van der Waals surface area (Å²) in [4.78, 5) is 15.6. The molecule has 0 aliphatic carbocycles. The zero-order valence-electron chi connectivity index (χ0n) is 8.56. The van der Waals surface area contributed by atoms with E-state index in [1.165, 1.54) is 6.20 Å². The SMILES string of the molecule is O=C(Oc1cccc(Br)c1)c1cccnc1Cl. The third kappa shape index (κ3) is 3.05. The van der Waals surface area contributed by atoms with Crippen molar-refractivity contribution in [3.63, 3.8) is 0 Å². The molecule has 0 spiro atoms. The van der Waals surface area contributed by atoms with E-state index in [1.54, 1.807) is 30.3 Å². The van der Waals surface area contributed by atoms with Crippen LogP contribution < -0.4 is 4.74 Å². The van der Waals surface area contributed by atoms with E-state index in [2.05, 4.69) is 20.9 Å². The van der Waals surface area contributed by atoms with Crippen LogP contribution in [0.3, 0.4) is 0 Å². The first-order valence-electron chi connectivity index (χ1n) is 4.75. The second-order valence-corrected chi connectivity index (χ2v) is 4.46. The summed E-state index contributed by atoms with van der Waals surface area (Å²) in [5.41, 5.74) is 0.245. The Balaban J connectivity index is 2.20. The third-order valence-electron chi connectivity index (χ3n) is 1.99. The van der Waals surface area contributed by atoms with Gasteiger partial charge in [0.15, 0.2) is 0 Å². The number of nitrogens with zero attached hydrogens (tertiary/aromatic N) is 1. The number of ether oxygens (including phenoxy) is 1. The summed E-state index contributed by atoms with van der Waals surface area (Å²) in [5.74, 6) is -0.0782. The molecule has 1 heterocycles. The summed E-state index contributed by atoms with van der Waals surface area (Å²) in [6.07, 6.45) is 1.51. The van der Waals surface area contributed by atoms with Gasteiger partial charge >= 0.3 is 5.97 Å². The van der Waals surface area contributed by atoms with Crippen LogP contribution in [0.1, 0.15) is 10.4 Å². The van der Waals surface area contributed by atoms with Gasteiger partial charge in [-0.25, -0.2) is 9.78 Å². The van der Waals surface area contributed by atoms with Gasteiger partial charge in [0, 0.05) is 10.7 Å². The smallest absolute Gasteiger partial charge is 0.346 e. The third-order valence-corrected chi connectivity index (χ3v) is 2.78. The molecule has 0 unspecified atom stereocenters. The van der Waals surface area contributed by atoms with Gasteiger partial charge in [-0.3, -0.25) is 0 Å². The summed E-state index contributed by atoms with van der Waals surface area (Å²) in [6, 6.07) is 10.2. The van der Waals surface area contributed by atoms with Crippen molar-refractivity contribution >= 4 is 33.5 Å². The quantitative estimate of drug-likeness (QED) is 0.482. The Morgan fingerprint density at radius 1 is 1.29 bits per heavy atom. The maximum atomic E-state index is 11.8. The Bertz CT molecular complexity index is 560. The molecule has 0 bridgehead atoms. The molecule has 0 amide bonds. The van der Waals surface area contributed by atoms with Gasteiger partial charge in [0.2, 0.25) is 0 Å². The number of carbonyl (C=O) groups excluding carboxylic acids is 1. The van der Waals surface area contributed by atoms with Crippen molar-refractivity contribution in [3.05, 3.63) is 57.8 Å². The average molecular weight is 313 g/mol. The number of carbonyl (C=O) groups is 1. The molecular weight excluding hydrogens is 305 g/mol. The highest BCUT2D eigenvalue weighted by atomic mass is 79.9. The number of pyridine rings is 1. The lowest BCUT2D eigenvalue weighted by atomic mass is 10.3. The fourth-order valence-electron chi connectivity index (χ4n) is 1.23. The lowest BCUT2D eigenvalue weighted by Gasteiger charge is -2.05. The number of hydrogen-bond donors (Lipinski definition) is 0. The van der Waals surface area contributed by atoms with Crippen LogP contribution in [-0.4, -0.2) is 11.0 Å². The standard InChI is InChI=1S/C12H7BrClNO2/c13-8-3-1-4-9(7-8)17-12(16)10-5-2-6-15-11(10)14/h1-7H. The van der Waals surface area contributed by atoms with E-state index < -0.39 is 5.97 Å². The van der Waals surface area contributed by atoms with Crippen LogP contribution in [0.4, 0.5) is 0 Å². The molecule has 0 atom stereocenters. The molecule has 0 N–H and O–H groups in total. The van der Waals surface area contributed by atoms with Gasteiger partial charge in [0.1, 0.15) is 10.9 Å². The van der Waals surface area contributed by atoms with E-state index in [4.69, 9.17) is 16.3 Å². The second kappa shape index (κ2) is 5.29. The van der Waals surface area contributed by atoms with Crippen molar-refractivity contribution in [2.24, 2.45) is 0 Å². The number of halogens is 2. The van der Waals surface area contributed by atoms with Crippen LogP contribution in [0.25, 0.3) is 0 Å². The molecule has 1 aromatic carbocycles. The zero-order chi connectivity index (χ0) is 12.3. The lowest BCUT2D eigenvalue weighted by molar-refractivity contribution is 0.0734. The Kier molecular flexibility index (Phi) is 3.76. The number of aromatic nitrogens is 1. The lowest BCUT2D eigenvalue weighted by Crippen LogP contribution is -2.09. The highest BCUT2D eigenvalue weighted by molar-refractivity contribution is 9.10. The largest absolute Gasteiger partial charge is 0.423 e. The molecule has 0 aliphatic heterocycles. The zero-order valence-corrected chi connectivity index (χ0v) is 10.9. The van der Waals surface area contributed by atoms with E-state index in [9.17, 15) is 4.79 Å². The normalized spacial score (nSPS) is 10.0. The topological polar surface area (TPSA) is 39.2 Å². The van der Waals surface area contributed by atoms with E-state index in [-0.39, 0.29) is 10.7 Å². The van der Waals surface area contributed by atoms with Crippen molar-refractivity contribution < 1.29 is 9.53 Å². The molecule has 0 radical (unpaired) electrons. The Labute approximate surface area is 112 Å². The van der Waals surface area contributed by atoms with Crippen LogP contribution in [0.15, 0.2) is 47.1 Å². The molecule has 2 rings (SSSR count). The average Bonchev–Trinajstić information content (AvgIpc) is 2.29. The molecule has 0 saturated carbocycles. The van der Waals surface area contributed by atoms with Gasteiger partial charge in [0.25, 0.3) is 0 Å². The Morgan fingerprint density at radius 2 is 2.12 bits per heavy atom. The van der Waals surface area contributed by atoms with Gasteiger partial charge in [-0.05, 0) is 30.3 Å². The fourth-order valence-corrected chi connectivity index (χ4v) is 1.81. The number of esters is 1. The first kappa shape index (κ1) is 12.1. The first-order valence-corrected chi connectivity index (χ1v) is 5.92. The maximum absolute atomic E-state index is 11.8. The minimum atomic E-state index is -0.527. The summed E-state index contributed by atoms with van der Waals surface area (Å²) < 4.78 is 6.00. The molecule has 0 saturated heterocycles. The van der Waals surface area contributed by atoms with Crippen molar-refractivity contribution in [1.29, 1.82) is 0 Å². The summed E-state index contributed by atoms with van der Waals surface area (Å²) in [7, 11) is 0. The summed E-state index contributed by atoms with van der Waals surface area (Å²) in [6.45, 7) is 0. The van der Waals surface area contributed by atoms with Crippen molar-refractivity contribution in [2.75, 3.05) is 0 Å². The molecule has 86 valence electrons. The van der Waals surface area contributed by atoms with Crippen molar-refractivity contribution in [2.45, 2.75) is 0 Å². The number of hydrogen-bond acceptors (Lipinski definition) is 3. The molecule has 0 aliphatic rings. The van der Waals surface area contributed by atoms with Gasteiger partial charge in [0.05, 0.1) is 5.56 Å². The predicted molar refractivity (Wildman–Crippen MR) is 68.3 cm³/mol. The van der Waals surface area contributed by atoms with Crippen LogP contribution in [0.5, 0.6) is 5.75 Å². The van der Waals surface area contributed by atoms with E-state index in [0.29, 0.717) is 5.75 Å². The number of rotatable bonds is 2. The van der Waals surface area contributed by atoms with Crippen LogP contribution in [0.2, 0.25) is 5.15 Å². The predicted octanol–water partition coefficient (Wildman–Crippen LogP) is 3.72. The van der Waals surface area contributed by atoms with Gasteiger partial charge in [-0.2, -0.15) is 0 Å². The molecule has 3 nitrogen and oxygen atoms in total. The van der Waals surface area contributed by atoms with Crippen molar-refractivity contribution in [1.82, 2.24) is 4.98 Å². The minimum Gasteiger partial charge on any atom is -0.423 e. The summed E-state index contributed by atoms with van der Waals surface area (Å²) >= 11 is 9.09. The number of benzene rings is 1. The Morgan fingerprint density at radius 3 is 2.82 bits per heavy atom. The highest BCUT2D eigenvalue weighted by Gasteiger charge is 2.13. The van der Waals surface area contributed by atoms with E-state index in [0.717, 1.165) is 4.47 Å². The molecule has 0 fully saturated rings. The van der Waals surface area contributed by atoms with E-state index in [1.807, 2.05) is 6.07 Å². The first-order chi connectivity index (χ1) is 8.16. The van der Waals surface area contributed by atoms with Gasteiger partial charge in [-0.1, -0.05) is 33.6 Å². The van der Waals surface area contributed by atoms with E-state index >= 15 is 0 Å². The van der Waals surface area contributed by atoms with Gasteiger partial charge < -0.3 is 4.74 Å². The molecule has 17 heavy (non-hydrogen) atoms. The Hall–Kier alpha value is -1.39. The maximum Gasteiger partial charge on any atom is 0.346 e. The summed E-state index contributed by atoms with van der Waals surface area (Å²) in [5, 5.41) is 0.132. The minimum absolute atomic E-state index is 0.132. The second-order valence-electron chi connectivity index (χ2n) is 3.19. The van der Waals surface area contributed by atoms with Crippen LogP contribution in [0, 0.1) is 0 Å². The van der Waals surface area contributed by atoms with Gasteiger partial charge in [-0.15, -0.1) is 0 Å². The molecule has 2 aromatic rings. The molecular formula is C12H7BrClNO2. The van der Waals surface area contributed by atoms with Crippen LogP contribution in [-0.2, 0) is 0 Å². The molecule has 1 aromatic heterocycles. The van der Waals surface area contributed by atoms with Crippen LogP contribution >= 0.6 is 27.5 Å².